The predicted octanol–water partition coefficient (Wildman–Crippen LogP) is 3.19. The normalized spacial score (nSPS) is 15.2. The fourth-order valence-corrected chi connectivity index (χ4v) is 3.67. The number of para-hydroxylation sites is 1. The highest BCUT2D eigenvalue weighted by Crippen LogP contribution is 2.19. The first-order valence-electron chi connectivity index (χ1n) is 10.5. The van der Waals surface area contributed by atoms with Crippen LogP contribution in [0, 0.1) is 5.82 Å². The number of carbonyl (C=O) groups is 1. The molecular formula is C23H26FN5O2. The van der Waals surface area contributed by atoms with E-state index in [0.29, 0.717) is 30.4 Å². The third-order valence-electron chi connectivity index (χ3n) is 5.42. The molecular weight excluding hydrogens is 397 g/mol. The lowest BCUT2D eigenvalue weighted by atomic mass is 10.1. The lowest BCUT2D eigenvalue weighted by Gasteiger charge is -2.33. The van der Waals surface area contributed by atoms with Gasteiger partial charge in [0.2, 0.25) is 17.7 Å². The molecule has 1 aromatic heterocycles. The monoisotopic (exact) mass is 423 g/mol. The average molecular weight is 423 g/mol. The van der Waals surface area contributed by atoms with Crippen LogP contribution in [0.4, 0.5) is 10.1 Å². The molecule has 1 aliphatic rings. The average Bonchev–Trinajstić information content (AvgIpc) is 3.24. The number of anilines is 1. The van der Waals surface area contributed by atoms with E-state index < -0.39 is 0 Å². The van der Waals surface area contributed by atoms with Gasteiger partial charge in [-0.3, -0.25) is 14.6 Å². The second-order valence-corrected chi connectivity index (χ2v) is 7.62. The van der Waals surface area contributed by atoms with Crippen LogP contribution < -0.4 is 5.32 Å². The SMILES string of the molecule is CCc1ccccc1NC(=O)CN1CCN(Cc2nnc(-c3ccc(F)cc3)o2)CC1. The molecule has 0 radical (unpaired) electrons. The Morgan fingerprint density at radius 2 is 1.74 bits per heavy atom. The molecule has 1 fully saturated rings. The smallest absolute Gasteiger partial charge is 0.247 e. The van der Waals surface area contributed by atoms with Crippen molar-refractivity contribution >= 4 is 11.6 Å². The van der Waals surface area contributed by atoms with E-state index in [-0.39, 0.29) is 11.7 Å². The van der Waals surface area contributed by atoms with Crippen molar-refractivity contribution in [3.63, 3.8) is 0 Å². The van der Waals surface area contributed by atoms with Crippen molar-refractivity contribution in [3.05, 3.63) is 65.8 Å². The fraction of sp³-hybridized carbons (Fsp3) is 0.348. The molecule has 2 heterocycles. The third kappa shape index (κ3) is 5.53. The van der Waals surface area contributed by atoms with Crippen molar-refractivity contribution in [2.24, 2.45) is 0 Å². The van der Waals surface area contributed by atoms with Crippen LogP contribution in [0.1, 0.15) is 18.4 Å². The Morgan fingerprint density at radius 1 is 1.03 bits per heavy atom. The number of nitrogens with one attached hydrogen (secondary N) is 1. The summed E-state index contributed by atoms with van der Waals surface area (Å²) in [7, 11) is 0. The zero-order chi connectivity index (χ0) is 21.6. The van der Waals surface area contributed by atoms with Crippen LogP contribution in [0.3, 0.4) is 0 Å². The Hall–Kier alpha value is -3.10. The minimum atomic E-state index is -0.301. The van der Waals surface area contributed by atoms with Crippen molar-refractivity contribution < 1.29 is 13.6 Å². The number of rotatable bonds is 7. The molecule has 3 aromatic rings. The summed E-state index contributed by atoms with van der Waals surface area (Å²) in [6.07, 6.45) is 0.883. The van der Waals surface area contributed by atoms with E-state index in [1.165, 1.54) is 12.1 Å². The molecule has 4 rings (SSSR count). The Bertz CT molecular complexity index is 1010. The maximum atomic E-state index is 13.1. The van der Waals surface area contributed by atoms with Gasteiger partial charge in [0.1, 0.15) is 5.82 Å². The summed E-state index contributed by atoms with van der Waals surface area (Å²) in [5.41, 5.74) is 2.72. The second-order valence-electron chi connectivity index (χ2n) is 7.62. The van der Waals surface area contributed by atoms with Gasteiger partial charge < -0.3 is 9.73 Å². The highest BCUT2D eigenvalue weighted by molar-refractivity contribution is 5.93. The number of amides is 1. The number of hydrogen-bond donors (Lipinski definition) is 1. The van der Waals surface area contributed by atoms with E-state index >= 15 is 0 Å². The molecule has 0 unspecified atom stereocenters. The number of piperazine rings is 1. The Balaban J connectivity index is 1.24. The highest BCUT2D eigenvalue weighted by Gasteiger charge is 2.21. The molecule has 1 N–H and O–H groups in total. The summed E-state index contributed by atoms with van der Waals surface area (Å²) in [6, 6.07) is 13.9. The fourth-order valence-electron chi connectivity index (χ4n) is 3.67. The Kier molecular flexibility index (Phi) is 6.69. The van der Waals surface area contributed by atoms with Crippen LogP contribution in [-0.2, 0) is 17.8 Å². The van der Waals surface area contributed by atoms with Gasteiger partial charge in [0.05, 0.1) is 13.1 Å². The lowest BCUT2D eigenvalue weighted by Crippen LogP contribution is -2.48. The number of aromatic nitrogens is 2. The number of carbonyl (C=O) groups excluding carboxylic acids is 1. The zero-order valence-electron chi connectivity index (χ0n) is 17.6. The van der Waals surface area contributed by atoms with E-state index in [1.807, 2.05) is 24.3 Å². The molecule has 162 valence electrons. The molecule has 0 bridgehead atoms. The predicted molar refractivity (Wildman–Crippen MR) is 116 cm³/mol. The number of halogens is 1. The quantitative estimate of drug-likeness (QED) is 0.629. The van der Waals surface area contributed by atoms with Crippen molar-refractivity contribution in [3.8, 4) is 11.5 Å². The van der Waals surface area contributed by atoms with E-state index in [2.05, 4.69) is 32.2 Å². The van der Waals surface area contributed by atoms with Gasteiger partial charge in [-0.05, 0) is 42.3 Å². The summed E-state index contributed by atoms with van der Waals surface area (Å²) in [4.78, 5) is 16.8. The van der Waals surface area contributed by atoms with Gasteiger partial charge in [0.25, 0.3) is 0 Å². The number of benzene rings is 2. The van der Waals surface area contributed by atoms with Crippen molar-refractivity contribution in [2.45, 2.75) is 19.9 Å². The summed E-state index contributed by atoms with van der Waals surface area (Å²) >= 11 is 0. The maximum absolute atomic E-state index is 13.1. The second kappa shape index (κ2) is 9.80. The first-order chi connectivity index (χ1) is 15.1. The summed E-state index contributed by atoms with van der Waals surface area (Å²) in [5, 5.41) is 11.2. The first kappa shape index (κ1) is 21.1. The molecule has 0 aliphatic carbocycles. The van der Waals surface area contributed by atoms with Crippen molar-refractivity contribution in [2.75, 3.05) is 38.0 Å². The standard InChI is InChI=1S/C23H26FN5O2/c1-2-17-5-3-4-6-20(17)25-21(30)15-28-11-13-29(14-12-28)16-22-26-27-23(31-22)18-7-9-19(24)10-8-18/h3-10H,2,11-16H2,1H3,(H,25,30). The first-order valence-corrected chi connectivity index (χ1v) is 10.5. The van der Waals surface area contributed by atoms with E-state index in [9.17, 15) is 9.18 Å². The van der Waals surface area contributed by atoms with E-state index in [4.69, 9.17) is 4.42 Å². The molecule has 31 heavy (non-hydrogen) atoms. The molecule has 2 aromatic carbocycles. The van der Waals surface area contributed by atoms with E-state index in [0.717, 1.165) is 43.9 Å². The zero-order valence-corrected chi connectivity index (χ0v) is 17.6. The third-order valence-corrected chi connectivity index (χ3v) is 5.42. The maximum Gasteiger partial charge on any atom is 0.247 e. The number of aryl methyl sites for hydroxylation is 1. The van der Waals surface area contributed by atoms with Crippen LogP contribution in [-0.4, -0.2) is 58.6 Å². The topological polar surface area (TPSA) is 74.5 Å². The van der Waals surface area contributed by atoms with E-state index in [1.54, 1.807) is 12.1 Å². The minimum Gasteiger partial charge on any atom is -0.419 e. The molecule has 8 heteroatoms. The van der Waals surface area contributed by atoms with Gasteiger partial charge in [-0.1, -0.05) is 25.1 Å². The van der Waals surface area contributed by atoms with Gasteiger partial charge >= 0.3 is 0 Å². The molecule has 0 spiro atoms. The molecule has 7 nitrogen and oxygen atoms in total. The van der Waals surface area contributed by atoms with Crippen LogP contribution in [0.15, 0.2) is 52.9 Å². The van der Waals surface area contributed by atoms with Crippen LogP contribution in [0.2, 0.25) is 0 Å². The van der Waals surface area contributed by atoms with Crippen LogP contribution >= 0.6 is 0 Å². The lowest BCUT2D eigenvalue weighted by molar-refractivity contribution is -0.117. The van der Waals surface area contributed by atoms with Gasteiger partial charge in [-0.2, -0.15) is 0 Å². The van der Waals surface area contributed by atoms with Gasteiger partial charge in [-0.25, -0.2) is 4.39 Å². The Labute approximate surface area is 180 Å². The van der Waals surface area contributed by atoms with Gasteiger partial charge in [0, 0.05) is 37.4 Å². The summed E-state index contributed by atoms with van der Waals surface area (Å²) in [6.45, 7) is 6.22. The molecule has 1 amide bonds. The molecule has 1 saturated heterocycles. The van der Waals surface area contributed by atoms with Crippen molar-refractivity contribution in [1.29, 1.82) is 0 Å². The summed E-state index contributed by atoms with van der Waals surface area (Å²) < 4.78 is 18.8. The minimum absolute atomic E-state index is 0.00944. The largest absolute Gasteiger partial charge is 0.419 e. The molecule has 1 aliphatic heterocycles. The highest BCUT2D eigenvalue weighted by atomic mass is 19.1. The van der Waals surface area contributed by atoms with Gasteiger partial charge in [-0.15, -0.1) is 10.2 Å². The molecule has 0 saturated carbocycles. The van der Waals surface area contributed by atoms with Crippen molar-refractivity contribution in [1.82, 2.24) is 20.0 Å². The molecule has 0 atom stereocenters. The summed E-state index contributed by atoms with van der Waals surface area (Å²) in [5.74, 6) is 0.624. The van der Waals surface area contributed by atoms with Crippen LogP contribution in [0.25, 0.3) is 11.5 Å². The Morgan fingerprint density at radius 3 is 2.48 bits per heavy atom. The van der Waals surface area contributed by atoms with Crippen LogP contribution in [0.5, 0.6) is 0 Å². The number of nitrogens with zero attached hydrogens (tertiary/aromatic N) is 4. The number of hydrogen-bond acceptors (Lipinski definition) is 6. The van der Waals surface area contributed by atoms with Gasteiger partial charge in [0.15, 0.2) is 0 Å².